The zero-order valence-corrected chi connectivity index (χ0v) is 9.51. The third kappa shape index (κ3) is 2.99. The van der Waals surface area contributed by atoms with Crippen molar-refractivity contribution < 1.29 is 5.11 Å². The highest BCUT2D eigenvalue weighted by molar-refractivity contribution is 7.20. The lowest BCUT2D eigenvalue weighted by Crippen LogP contribution is -1.96. The Kier molecular flexibility index (Phi) is 3.80. The van der Waals surface area contributed by atoms with Gasteiger partial charge in [0.25, 0.3) is 0 Å². The molecule has 0 saturated carbocycles. The number of halogens is 2. The molecule has 1 nitrogen and oxygen atoms in total. The molecule has 1 aromatic rings. The molecule has 72 valence electrons. The SMILES string of the molecule is C=C(C)CC(O)c1cc(Cl)sc1Cl. The molecule has 0 fully saturated rings. The van der Waals surface area contributed by atoms with Crippen LogP contribution < -0.4 is 0 Å². The van der Waals surface area contributed by atoms with E-state index in [1.807, 2.05) is 6.92 Å². The molecule has 1 rings (SSSR count). The third-order valence-electron chi connectivity index (χ3n) is 1.58. The lowest BCUT2D eigenvalue weighted by atomic mass is 10.1. The number of aliphatic hydroxyl groups is 1. The smallest absolute Gasteiger partial charge is 0.100 e. The molecular weight excluding hydrogens is 227 g/mol. The van der Waals surface area contributed by atoms with Gasteiger partial charge < -0.3 is 5.11 Å². The first kappa shape index (κ1) is 11.1. The minimum Gasteiger partial charge on any atom is -0.388 e. The largest absolute Gasteiger partial charge is 0.388 e. The van der Waals surface area contributed by atoms with Gasteiger partial charge in [-0.15, -0.1) is 17.9 Å². The highest BCUT2D eigenvalue weighted by atomic mass is 35.5. The Balaban J connectivity index is 2.81. The molecule has 0 radical (unpaired) electrons. The third-order valence-corrected chi connectivity index (χ3v) is 3.10. The maximum absolute atomic E-state index is 9.69. The summed E-state index contributed by atoms with van der Waals surface area (Å²) in [5.41, 5.74) is 1.62. The van der Waals surface area contributed by atoms with Gasteiger partial charge in [0.15, 0.2) is 0 Å². The van der Waals surface area contributed by atoms with Crippen LogP contribution in [0.5, 0.6) is 0 Å². The minimum absolute atomic E-state index is 0.521. The Bertz CT molecular complexity index is 319. The summed E-state index contributed by atoms with van der Waals surface area (Å²) < 4.78 is 1.15. The van der Waals surface area contributed by atoms with Gasteiger partial charge in [-0.2, -0.15) is 0 Å². The lowest BCUT2D eigenvalue weighted by molar-refractivity contribution is 0.179. The van der Waals surface area contributed by atoms with E-state index in [2.05, 4.69) is 6.58 Å². The van der Waals surface area contributed by atoms with Gasteiger partial charge in [0.05, 0.1) is 10.4 Å². The van der Waals surface area contributed by atoms with Crippen LogP contribution in [-0.2, 0) is 0 Å². The Morgan fingerprint density at radius 3 is 2.69 bits per heavy atom. The molecule has 1 N–H and O–H groups in total. The van der Waals surface area contributed by atoms with Gasteiger partial charge in [-0.25, -0.2) is 0 Å². The highest BCUT2D eigenvalue weighted by Crippen LogP contribution is 2.36. The highest BCUT2D eigenvalue weighted by Gasteiger charge is 2.14. The summed E-state index contributed by atoms with van der Waals surface area (Å²) in [4.78, 5) is 0. The maximum atomic E-state index is 9.69. The van der Waals surface area contributed by atoms with Crippen LogP contribution in [0.3, 0.4) is 0 Å². The van der Waals surface area contributed by atoms with E-state index in [1.54, 1.807) is 6.07 Å². The van der Waals surface area contributed by atoms with Crippen LogP contribution in [0.4, 0.5) is 0 Å². The van der Waals surface area contributed by atoms with Crippen LogP contribution in [0.15, 0.2) is 18.2 Å². The fraction of sp³-hybridized carbons (Fsp3) is 0.333. The molecule has 0 aliphatic carbocycles. The van der Waals surface area contributed by atoms with Crippen molar-refractivity contribution in [3.63, 3.8) is 0 Å². The lowest BCUT2D eigenvalue weighted by Gasteiger charge is -2.08. The minimum atomic E-state index is -0.589. The number of hydrogen-bond acceptors (Lipinski definition) is 2. The first-order chi connectivity index (χ1) is 6.00. The number of hydrogen-bond donors (Lipinski definition) is 1. The first-order valence-electron chi connectivity index (χ1n) is 3.78. The monoisotopic (exact) mass is 236 g/mol. The standard InChI is InChI=1S/C9H10Cl2OS/c1-5(2)3-7(12)6-4-8(10)13-9(6)11/h4,7,12H,1,3H2,2H3. The van der Waals surface area contributed by atoms with Crippen molar-refractivity contribution in [3.05, 3.63) is 32.5 Å². The molecule has 4 heteroatoms. The molecule has 0 aromatic carbocycles. The van der Waals surface area contributed by atoms with E-state index >= 15 is 0 Å². The van der Waals surface area contributed by atoms with Crippen molar-refractivity contribution in [1.82, 2.24) is 0 Å². The summed E-state index contributed by atoms with van der Waals surface area (Å²) >= 11 is 12.9. The Labute approximate surface area is 91.6 Å². The van der Waals surface area contributed by atoms with Gasteiger partial charge in [0.1, 0.15) is 4.34 Å². The molecule has 1 unspecified atom stereocenters. The van der Waals surface area contributed by atoms with Crippen molar-refractivity contribution in [1.29, 1.82) is 0 Å². The topological polar surface area (TPSA) is 20.2 Å². The second-order valence-corrected chi connectivity index (χ2v) is 5.24. The fourth-order valence-electron chi connectivity index (χ4n) is 1.02. The Morgan fingerprint density at radius 1 is 1.69 bits per heavy atom. The maximum Gasteiger partial charge on any atom is 0.100 e. The van der Waals surface area contributed by atoms with E-state index in [9.17, 15) is 5.11 Å². The molecule has 0 aliphatic heterocycles. The predicted octanol–water partition coefficient (Wildman–Crippen LogP) is 4.05. The first-order valence-corrected chi connectivity index (χ1v) is 5.35. The van der Waals surface area contributed by atoms with Crippen LogP contribution in [0.25, 0.3) is 0 Å². The van der Waals surface area contributed by atoms with E-state index in [0.717, 1.165) is 5.57 Å². The van der Waals surface area contributed by atoms with Crippen LogP contribution >= 0.6 is 34.5 Å². The van der Waals surface area contributed by atoms with Crippen molar-refractivity contribution >= 4 is 34.5 Å². The van der Waals surface area contributed by atoms with E-state index in [1.165, 1.54) is 11.3 Å². The molecule has 1 heterocycles. The summed E-state index contributed by atoms with van der Waals surface area (Å²) in [7, 11) is 0. The van der Waals surface area contributed by atoms with E-state index in [0.29, 0.717) is 20.7 Å². The van der Waals surface area contributed by atoms with Crippen LogP contribution in [0.1, 0.15) is 25.0 Å². The Morgan fingerprint density at radius 2 is 2.31 bits per heavy atom. The molecule has 1 atom stereocenters. The van der Waals surface area contributed by atoms with Gasteiger partial charge in [-0.3, -0.25) is 0 Å². The van der Waals surface area contributed by atoms with Crippen molar-refractivity contribution in [3.8, 4) is 0 Å². The van der Waals surface area contributed by atoms with E-state index in [4.69, 9.17) is 23.2 Å². The average molecular weight is 237 g/mol. The van der Waals surface area contributed by atoms with Crippen LogP contribution in [-0.4, -0.2) is 5.11 Å². The molecule has 0 saturated heterocycles. The zero-order valence-electron chi connectivity index (χ0n) is 7.18. The predicted molar refractivity (Wildman–Crippen MR) is 58.7 cm³/mol. The molecule has 0 aliphatic rings. The summed E-state index contributed by atoms with van der Waals surface area (Å²) in [5.74, 6) is 0. The quantitative estimate of drug-likeness (QED) is 0.786. The van der Waals surface area contributed by atoms with Crippen molar-refractivity contribution in [2.75, 3.05) is 0 Å². The van der Waals surface area contributed by atoms with Gasteiger partial charge in [-0.05, 0) is 19.4 Å². The second-order valence-electron chi connectivity index (χ2n) is 2.96. The summed E-state index contributed by atoms with van der Waals surface area (Å²) in [5, 5.41) is 9.69. The van der Waals surface area contributed by atoms with Crippen molar-refractivity contribution in [2.45, 2.75) is 19.4 Å². The molecular formula is C9H10Cl2OS. The van der Waals surface area contributed by atoms with Gasteiger partial charge in [0, 0.05) is 5.56 Å². The molecule has 0 amide bonds. The number of rotatable bonds is 3. The van der Waals surface area contributed by atoms with Gasteiger partial charge >= 0.3 is 0 Å². The average Bonchev–Trinajstić information content (AvgIpc) is 2.28. The molecule has 1 aromatic heterocycles. The van der Waals surface area contributed by atoms with Crippen LogP contribution in [0, 0.1) is 0 Å². The fourth-order valence-corrected chi connectivity index (χ4v) is 2.59. The van der Waals surface area contributed by atoms with E-state index in [-0.39, 0.29) is 0 Å². The van der Waals surface area contributed by atoms with Gasteiger partial charge in [-0.1, -0.05) is 28.8 Å². The summed E-state index contributed by atoms with van der Waals surface area (Å²) in [6, 6.07) is 1.70. The summed E-state index contributed by atoms with van der Waals surface area (Å²) in [6.45, 7) is 5.59. The van der Waals surface area contributed by atoms with Crippen molar-refractivity contribution in [2.24, 2.45) is 0 Å². The normalized spacial score (nSPS) is 12.9. The van der Waals surface area contributed by atoms with Gasteiger partial charge in [0.2, 0.25) is 0 Å². The second kappa shape index (κ2) is 4.47. The van der Waals surface area contributed by atoms with E-state index < -0.39 is 6.10 Å². The summed E-state index contributed by atoms with van der Waals surface area (Å²) in [6.07, 6.45) is -0.0685. The Hall–Kier alpha value is -0.0200. The van der Waals surface area contributed by atoms with Crippen LogP contribution in [0.2, 0.25) is 8.67 Å². The molecule has 0 spiro atoms. The molecule has 0 bridgehead atoms. The number of thiophene rings is 1. The number of aliphatic hydroxyl groups excluding tert-OH is 1. The molecule has 13 heavy (non-hydrogen) atoms. The zero-order chi connectivity index (χ0) is 10.0.